The van der Waals surface area contributed by atoms with E-state index in [2.05, 4.69) is 454 Å². The number of rotatable bonds is 10. The van der Waals surface area contributed by atoms with E-state index in [4.69, 9.17) is 38.7 Å². The molecular formula is C136H89N9O2. The lowest BCUT2D eigenvalue weighted by atomic mass is 9.81. The minimum Gasteiger partial charge on any atom is -0.455 e. The van der Waals surface area contributed by atoms with Gasteiger partial charge in [0.1, 0.15) is 22.3 Å². The van der Waals surface area contributed by atoms with Crippen molar-refractivity contribution in [2.75, 3.05) is 0 Å². The van der Waals surface area contributed by atoms with E-state index < -0.39 is 0 Å². The number of hydrogen-bond acceptors (Lipinski definition) is 8. The Labute approximate surface area is 845 Å². The molecule has 0 atom stereocenters. The van der Waals surface area contributed by atoms with Crippen molar-refractivity contribution in [3.8, 4) is 118 Å². The van der Waals surface area contributed by atoms with E-state index in [0.29, 0.717) is 11.9 Å². The molecule has 0 N–H and O–H groups in total. The zero-order valence-corrected chi connectivity index (χ0v) is 80.8. The van der Waals surface area contributed by atoms with Crippen LogP contribution in [0.3, 0.4) is 0 Å². The van der Waals surface area contributed by atoms with Gasteiger partial charge in [0.2, 0.25) is 11.9 Å². The van der Waals surface area contributed by atoms with Crippen molar-refractivity contribution in [2.24, 2.45) is 0 Å². The maximum absolute atomic E-state index is 6.65. The molecule has 8 heterocycles. The maximum atomic E-state index is 6.65. The summed E-state index contributed by atoms with van der Waals surface area (Å²) in [6.07, 6.45) is 0. The lowest BCUT2D eigenvalue weighted by Gasteiger charge is -2.22. The zero-order chi connectivity index (χ0) is 97.4. The van der Waals surface area contributed by atoms with Gasteiger partial charge < -0.3 is 13.4 Å². The second-order valence-corrected chi connectivity index (χ2v) is 39.8. The number of fused-ring (bicyclic) bond motifs is 28. The van der Waals surface area contributed by atoms with Gasteiger partial charge in [-0.2, -0.15) is 0 Å². The third-order valence-electron chi connectivity index (χ3n) is 30.9. The number of aromatic nitrogens is 9. The molecule has 0 aliphatic heterocycles. The fourth-order valence-corrected chi connectivity index (χ4v) is 23.8. The molecular weight excluding hydrogens is 1790 g/mol. The molecule has 0 saturated heterocycles. The Bertz CT molecular complexity index is 10500. The summed E-state index contributed by atoms with van der Waals surface area (Å²) in [5.41, 5.74) is 38.4. The Morgan fingerprint density at radius 3 is 1.11 bits per heavy atom. The Morgan fingerprint density at radius 2 is 0.565 bits per heavy atom. The van der Waals surface area contributed by atoms with Gasteiger partial charge in [0.25, 0.3) is 0 Å². The second-order valence-electron chi connectivity index (χ2n) is 39.8. The van der Waals surface area contributed by atoms with Crippen molar-refractivity contribution in [3.63, 3.8) is 0 Å². The summed E-state index contributed by atoms with van der Waals surface area (Å²) in [5.74, 6) is 1.98. The van der Waals surface area contributed by atoms with Crippen molar-refractivity contribution in [1.82, 2.24) is 43.6 Å². The van der Waals surface area contributed by atoms with Crippen molar-refractivity contribution in [2.45, 2.75) is 38.5 Å². The van der Waals surface area contributed by atoms with Crippen LogP contribution < -0.4 is 0 Å². The molecule has 31 rings (SSSR count). The van der Waals surface area contributed by atoms with E-state index in [1.165, 1.54) is 93.8 Å². The Balaban J connectivity index is 0.000000104. The summed E-state index contributed by atoms with van der Waals surface area (Å²) in [5, 5.41) is 16.9. The smallest absolute Gasteiger partial charge is 0.235 e. The van der Waals surface area contributed by atoms with Gasteiger partial charge in [0, 0.05) is 98.0 Å². The molecule has 2 aliphatic rings. The monoisotopic (exact) mass is 1880 g/mol. The molecule has 11 nitrogen and oxygen atoms in total. The van der Waals surface area contributed by atoms with E-state index >= 15 is 0 Å². The van der Waals surface area contributed by atoms with Crippen LogP contribution in [0.1, 0.15) is 49.9 Å². The van der Waals surface area contributed by atoms with Crippen LogP contribution in [0, 0.1) is 0 Å². The van der Waals surface area contributed by atoms with Gasteiger partial charge in [-0.1, -0.05) is 373 Å². The highest BCUT2D eigenvalue weighted by molar-refractivity contribution is 6.27. The topological polar surface area (TPSA) is 118 Å². The lowest BCUT2D eigenvalue weighted by molar-refractivity contribution is 0.660. The predicted molar refractivity (Wildman–Crippen MR) is 607 cm³/mol. The summed E-state index contributed by atoms with van der Waals surface area (Å²) < 4.78 is 20.1. The summed E-state index contributed by atoms with van der Waals surface area (Å²) in [4.78, 5) is 31.5. The minimum absolute atomic E-state index is 0.0808. The highest BCUT2D eigenvalue weighted by Gasteiger charge is 2.38. The molecule has 0 spiro atoms. The number of furan rings is 2. The maximum Gasteiger partial charge on any atom is 0.235 e. The van der Waals surface area contributed by atoms with Crippen LogP contribution >= 0.6 is 0 Å². The Kier molecular flexibility index (Phi) is 19.2. The number of hydrogen-bond donors (Lipinski definition) is 0. The molecule has 0 radical (unpaired) electrons. The van der Waals surface area contributed by atoms with Crippen LogP contribution in [0.5, 0.6) is 0 Å². The van der Waals surface area contributed by atoms with E-state index in [-0.39, 0.29) is 10.8 Å². The lowest BCUT2D eigenvalue weighted by Crippen LogP contribution is -2.15. The standard InChI is InChI=1S/C47H31N3O.C45H31N3.C44H27N3O/c1-47(2)37-17-9-6-14-31(37)32-22-20-29(26-38(32)47)30-21-23-36-41(27-30)50(40-25-24-34-33-15-8-11-19-42(33)51-45(34)43(36)40)46-48-39-18-10-7-16-35(39)44(49-46)28-12-4-3-5-13-28;1-45(2)37-16-8-5-13-33(37)34-25-21-30(27-38(34)45)43-35-14-6-9-17-39(35)46-44(47-43)29-19-23-31(24-20-29)48-40-18-10-7-15-36(40)42-32-12-4-3-11-28(32)22-26-41(42)48;1-3-12-28(13-4-1)30-16-11-17-31(26-30)32-22-23-36-39(27-32)47(38-25-24-34-33-18-8-10-21-40(33)48-43(34)41(36)38)44-45-37-20-9-7-19-35(37)42(46-44)29-14-5-2-6-15-29/h3-27H,1-2H3;3-27H,1-2H3;1-27H. The second kappa shape index (κ2) is 33.3. The van der Waals surface area contributed by atoms with Gasteiger partial charge in [0.05, 0.1) is 77.5 Å². The van der Waals surface area contributed by atoms with Crippen LogP contribution in [0.25, 0.3) is 271 Å². The molecule has 147 heavy (non-hydrogen) atoms. The van der Waals surface area contributed by atoms with Gasteiger partial charge in [-0.05, 0) is 210 Å². The minimum atomic E-state index is -0.0827. The average Bonchev–Trinajstić information content (AvgIpc) is 1.55. The van der Waals surface area contributed by atoms with Gasteiger partial charge in [0.15, 0.2) is 5.82 Å². The SMILES string of the molecule is CC1(C)c2ccccc2-c2ccc(-c3ccc4c5c6oc7ccccc7c6ccc5n(-c5nc(-c6ccccc6)c6ccccc6n5)c4c3)cc21.CC1(C)c2ccccc2-c2ccc(-c3nc(-c4ccc(-n5c6ccccc6c6c7ccccc7ccc65)cc4)nc4ccccc34)cc21.c1ccc(-c2cccc(-c3ccc4c5c6oc7ccccc7c6ccc5n(-c5nc(-c6ccccc6)c6ccccc6n5)c4c3)c2)cc1. The highest BCUT2D eigenvalue weighted by Crippen LogP contribution is 2.54. The molecule has 0 fully saturated rings. The number of para-hydroxylation sites is 6. The molecule has 2 aliphatic carbocycles. The van der Waals surface area contributed by atoms with Crippen molar-refractivity contribution < 1.29 is 8.83 Å². The first-order chi connectivity index (χ1) is 72.4. The van der Waals surface area contributed by atoms with Crippen LogP contribution in [-0.4, -0.2) is 43.6 Å². The molecule has 8 aromatic heterocycles. The third kappa shape index (κ3) is 13.5. The first kappa shape index (κ1) is 84.7. The normalized spacial score (nSPS) is 12.9. The highest BCUT2D eigenvalue weighted by atomic mass is 16.3. The summed E-state index contributed by atoms with van der Waals surface area (Å²) in [6.45, 7) is 9.32. The van der Waals surface area contributed by atoms with Gasteiger partial charge >= 0.3 is 0 Å². The quantitative estimate of drug-likeness (QED) is 0.133. The number of nitrogens with zero attached hydrogens (tertiary/aromatic N) is 9. The average molecular weight is 1880 g/mol. The van der Waals surface area contributed by atoms with Gasteiger partial charge in [-0.3, -0.25) is 9.13 Å². The van der Waals surface area contributed by atoms with E-state index in [0.717, 1.165) is 188 Å². The molecule has 0 saturated carbocycles. The first-order valence-corrected chi connectivity index (χ1v) is 50.3. The molecule has 11 heteroatoms. The molecule has 21 aromatic carbocycles. The van der Waals surface area contributed by atoms with E-state index in [1.807, 2.05) is 54.6 Å². The molecule has 0 unspecified atom stereocenters. The van der Waals surface area contributed by atoms with E-state index in [1.54, 1.807) is 0 Å². The fraction of sp³-hybridized carbons (Fsp3) is 0.0441. The largest absolute Gasteiger partial charge is 0.455 e. The van der Waals surface area contributed by atoms with Gasteiger partial charge in [-0.15, -0.1) is 0 Å². The van der Waals surface area contributed by atoms with E-state index in [9.17, 15) is 0 Å². The first-order valence-electron chi connectivity index (χ1n) is 50.3. The summed E-state index contributed by atoms with van der Waals surface area (Å²) in [6, 6.07) is 166. The van der Waals surface area contributed by atoms with Crippen molar-refractivity contribution in [3.05, 3.63) is 489 Å². The zero-order valence-electron chi connectivity index (χ0n) is 80.8. The van der Waals surface area contributed by atoms with Crippen molar-refractivity contribution in [1.29, 1.82) is 0 Å². The third-order valence-corrected chi connectivity index (χ3v) is 30.9. The Hall–Kier alpha value is -19.1. The Morgan fingerprint density at radius 1 is 0.197 bits per heavy atom. The molecule has 0 amide bonds. The van der Waals surface area contributed by atoms with Crippen LogP contribution in [0.15, 0.2) is 476 Å². The molecule has 0 bridgehead atoms. The summed E-state index contributed by atoms with van der Waals surface area (Å²) >= 11 is 0. The van der Waals surface area contributed by atoms with Crippen LogP contribution in [-0.2, 0) is 10.8 Å². The molecule has 690 valence electrons. The van der Waals surface area contributed by atoms with Crippen LogP contribution in [0.2, 0.25) is 0 Å². The van der Waals surface area contributed by atoms with Gasteiger partial charge in [-0.25, -0.2) is 29.9 Å². The van der Waals surface area contributed by atoms with Crippen LogP contribution in [0.4, 0.5) is 0 Å². The molecule has 29 aromatic rings. The van der Waals surface area contributed by atoms with Crippen molar-refractivity contribution >= 4 is 153 Å². The summed E-state index contributed by atoms with van der Waals surface area (Å²) in [7, 11) is 0. The predicted octanol–water partition coefficient (Wildman–Crippen LogP) is 35.4. The number of benzene rings is 21. The fourth-order valence-electron chi connectivity index (χ4n) is 23.8.